The Labute approximate surface area is 109 Å². The quantitative estimate of drug-likeness (QED) is 0.838. The molecule has 2 amide bonds. The molecule has 0 heterocycles. The highest BCUT2D eigenvalue weighted by Gasteiger charge is 2.01. The number of nitrogens with one attached hydrogen (secondary N) is 2. The number of anilines is 1. The Morgan fingerprint density at radius 2 is 1.83 bits per heavy atom. The molecule has 2 N–H and O–H groups in total. The van der Waals surface area contributed by atoms with Crippen LogP contribution < -0.4 is 15.5 Å². The smallest absolute Gasteiger partial charge is 0.314 e. The average Bonchev–Trinajstić information content (AvgIpc) is 2.28. The summed E-state index contributed by atoms with van der Waals surface area (Å²) in [6.07, 6.45) is 0.846. The summed E-state index contributed by atoms with van der Waals surface area (Å²) in [7, 11) is 4.04. The highest BCUT2D eigenvalue weighted by molar-refractivity contribution is 5.74. The van der Waals surface area contributed by atoms with Crippen LogP contribution in [0.1, 0.15) is 19.4 Å². The lowest BCUT2D eigenvalue weighted by molar-refractivity contribution is 0.238. The van der Waals surface area contributed by atoms with E-state index in [0.717, 1.165) is 6.42 Å². The Hall–Kier alpha value is -1.71. The van der Waals surface area contributed by atoms with E-state index in [2.05, 4.69) is 39.8 Å². The zero-order valence-corrected chi connectivity index (χ0v) is 11.7. The Balaban J connectivity index is 2.33. The van der Waals surface area contributed by atoms with E-state index < -0.39 is 0 Å². The highest BCUT2D eigenvalue weighted by Crippen LogP contribution is 2.12. The fourth-order valence-electron chi connectivity index (χ4n) is 1.59. The Morgan fingerprint density at radius 1 is 1.22 bits per heavy atom. The number of hydrogen-bond donors (Lipinski definition) is 2. The van der Waals surface area contributed by atoms with Gasteiger partial charge in [-0.2, -0.15) is 0 Å². The van der Waals surface area contributed by atoms with Crippen molar-refractivity contribution in [1.29, 1.82) is 0 Å². The fourth-order valence-corrected chi connectivity index (χ4v) is 1.59. The van der Waals surface area contributed by atoms with Crippen LogP contribution in [-0.2, 0) is 6.42 Å². The van der Waals surface area contributed by atoms with Gasteiger partial charge in [0, 0.05) is 32.4 Å². The summed E-state index contributed by atoms with van der Waals surface area (Å²) in [5.41, 5.74) is 2.41. The second kappa shape index (κ2) is 6.89. The zero-order chi connectivity index (χ0) is 13.5. The largest absolute Gasteiger partial charge is 0.378 e. The first-order valence-electron chi connectivity index (χ1n) is 6.29. The number of hydrogen-bond acceptors (Lipinski definition) is 2. The second-order valence-corrected chi connectivity index (χ2v) is 4.87. The molecule has 0 aliphatic carbocycles. The molecule has 0 aliphatic heterocycles. The monoisotopic (exact) mass is 249 g/mol. The van der Waals surface area contributed by atoms with Gasteiger partial charge in [-0.25, -0.2) is 4.79 Å². The summed E-state index contributed by atoms with van der Waals surface area (Å²) in [5.74, 6) is 0. The number of carbonyl (C=O) groups is 1. The normalized spacial score (nSPS) is 10.3. The minimum Gasteiger partial charge on any atom is -0.378 e. The zero-order valence-electron chi connectivity index (χ0n) is 11.7. The average molecular weight is 249 g/mol. The minimum atomic E-state index is -0.102. The van der Waals surface area contributed by atoms with Crippen molar-refractivity contribution in [3.05, 3.63) is 29.8 Å². The molecule has 0 saturated heterocycles. The van der Waals surface area contributed by atoms with Crippen molar-refractivity contribution in [3.8, 4) is 0 Å². The van der Waals surface area contributed by atoms with Crippen LogP contribution >= 0.6 is 0 Å². The third-order valence-electron chi connectivity index (χ3n) is 2.57. The Bertz CT molecular complexity index is 371. The second-order valence-electron chi connectivity index (χ2n) is 4.87. The van der Waals surface area contributed by atoms with Crippen molar-refractivity contribution in [2.24, 2.45) is 0 Å². The molecule has 1 aromatic carbocycles. The Morgan fingerprint density at radius 3 is 2.33 bits per heavy atom. The van der Waals surface area contributed by atoms with E-state index in [9.17, 15) is 4.79 Å². The van der Waals surface area contributed by atoms with E-state index in [4.69, 9.17) is 0 Å². The molecule has 1 aromatic rings. The predicted octanol–water partition coefficient (Wildman–Crippen LogP) is 2.00. The summed E-state index contributed by atoms with van der Waals surface area (Å²) in [6, 6.07) is 8.43. The van der Waals surface area contributed by atoms with Crippen LogP contribution in [0.3, 0.4) is 0 Å². The number of carbonyl (C=O) groups excluding carboxylic acids is 1. The molecule has 0 fully saturated rings. The molecule has 0 spiro atoms. The molecule has 0 aromatic heterocycles. The topological polar surface area (TPSA) is 44.4 Å². The number of nitrogens with zero attached hydrogens (tertiary/aromatic N) is 1. The molecule has 1 rings (SSSR count). The van der Waals surface area contributed by atoms with E-state index in [-0.39, 0.29) is 12.1 Å². The first-order valence-corrected chi connectivity index (χ1v) is 6.29. The molecule has 0 saturated carbocycles. The first kappa shape index (κ1) is 14.4. The molecular weight excluding hydrogens is 226 g/mol. The number of amides is 2. The van der Waals surface area contributed by atoms with Crippen molar-refractivity contribution in [3.63, 3.8) is 0 Å². The van der Waals surface area contributed by atoms with Crippen LogP contribution in [0, 0.1) is 0 Å². The van der Waals surface area contributed by atoms with Crippen LogP contribution in [0.15, 0.2) is 24.3 Å². The van der Waals surface area contributed by atoms with Crippen molar-refractivity contribution in [1.82, 2.24) is 10.6 Å². The van der Waals surface area contributed by atoms with Gasteiger partial charge in [0.25, 0.3) is 0 Å². The lowest BCUT2D eigenvalue weighted by Crippen LogP contribution is -2.40. The van der Waals surface area contributed by atoms with Crippen molar-refractivity contribution < 1.29 is 4.79 Å². The van der Waals surface area contributed by atoms with Gasteiger partial charge in [0.15, 0.2) is 0 Å². The van der Waals surface area contributed by atoms with Crippen molar-refractivity contribution in [2.45, 2.75) is 26.3 Å². The van der Waals surface area contributed by atoms with Gasteiger partial charge >= 0.3 is 6.03 Å². The molecule has 4 nitrogen and oxygen atoms in total. The lowest BCUT2D eigenvalue weighted by atomic mass is 10.1. The highest BCUT2D eigenvalue weighted by atomic mass is 16.2. The van der Waals surface area contributed by atoms with Crippen LogP contribution in [0.5, 0.6) is 0 Å². The van der Waals surface area contributed by atoms with Gasteiger partial charge < -0.3 is 15.5 Å². The van der Waals surface area contributed by atoms with Gasteiger partial charge in [-0.15, -0.1) is 0 Å². The number of rotatable bonds is 5. The van der Waals surface area contributed by atoms with Crippen LogP contribution in [0.25, 0.3) is 0 Å². The molecule has 0 aliphatic rings. The van der Waals surface area contributed by atoms with Gasteiger partial charge in [-0.05, 0) is 38.0 Å². The van der Waals surface area contributed by atoms with E-state index in [1.165, 1.54) is 11.3 Å². The van der Waals surface area contributed by atoms with Crippen LogP contribution in [-0.4, -0.2) is 32.7 Å². The molecule has 0 unspecified atom stereocenters. The molecule has 18 heavy (non-hydrogen) atoms. The van der Waals surface area contributed by atoms with E-state index in [1.807, 2.05) is 27.9 Å². The lowest BCUT2D eigenvalue weighted by Gasteiger charge is -2.13. The third kappa shape index (κ3) is 5.08. The maximum absolute atomic E-state index is 11.4. The summed E-state index contributed by atoms with van der Waals surface area (Å²) >= 11 is 0. The van der Waals surface area contributed by atoms with Gasteiger partial charge in [0.1, 0.15) is 0 Å². The molecule has 0 radical (unpaired) electrons. The van der Waals surface area contributed by atoms with E-state index in [1.54, 1.807) is 0 Å². The maximum Gasteiger partial charge on any atom is 0.314 e. The minimum absolute atomic E-state index is 0.102. The number of urea groups is 1. The molecular formula is C14H23N3O. The van der Waals surface area contributed by atoms with Gasteiger partial charge in [0.2, 0.25) is 0 Å². The van der Waals surface area contributed by atoms with Crippen LogP contribution in [0.4, 0.5) is 10.5 Å². The summed E-state index contributed by atoms with van der Waals surface area (Å²) in [4.78, 5) is 13.4. The van der Waals surface area contributed by atoms with Gasteiger partial charge in [-0.1, -0.05) is 12.1 Å². The standard InChI is InChI=1S/C14H23N3O/c1-11(2)16-14(18)15-10-9-12-5-7-13(8-6-12)17(3)4/h5-8,11H,9-10H2,1-4H3,(H2,15,16,18). The van der Waals surface area contributed by atoms with Crippen molar-refractivity contribution >= 4 is 11.7 Å². The third-order valence-corrected chi connectivity index (χ3v) is 2.57. The number of benzene rings is 1. The van der Waals surface area contributed by atoms with Gasteiger partial charge in [0.05, 0.1) is 0 Å². The van der Waals surface area contributed by atoms with E-state index in [0.29, 0.717) is 6.54 Å². The van der Waals surface area contributed by atoms with Crippen molar-refractivity contribution in [2.75, 3.05) is 25.5 Å². The molecule has 4 heteroatoms. The maximum atomic E-state index is 11.4. The van der Waals surface area contributed by atoms with Gasteiger partial charge in [-0.3, -0.25) is 0 Å². The summed E-state index contributed by atoms with van der Waals surface area (Å²) < 4.78 is 0. The van der Waals surface area contributed by atoms with E-state index >= 15 is 0 Å². The first-order chi connectivity index (χ1) is 8.49. The predicted molar refractivity (Wildman–Crippen MR) is 76.1 cm³/mol. The fraction of sp³-hybridized carbons (Fsp3) is 0.500. The Kier molecular flexibility index (Phi) is 5.49. The molecule has 100 valence electrons. The SMILES string of the molecule is CC(C)NC(=O)NCCc1ccc(N(C)C)cc1. The summed E-state index contributed by atoms with van der Waals surface area (Å²) in [5, 5.41) is 5.64. The molecule has 0 bridgehead atoms. The summed E-state index contributed by atoms with van der Waals surface area (Å²) in [6.45, 7) is 4.54. The molecule has 0 atom stereocenters. The van der Waals surface area contributed by atoms with Crippen LogP contribution in [0.2, 0.25) is 0 Å².